The quantitative estimate of drug-likeness (QED) is 0.763. The van der Waals surface area contributed by atoms with Gasteiger partial charge >= 0.3 is 0 Å². The maximum atomic E-state index is 12.4. The molecule has 0 saturated heterocycles. The number of aromatic nitrogens is 2. The standard InChI is InChI=1S/C12H16N2OS/c1-6(2)14-9(5)13-11-10(12(14)15)7(3)8(4)16-11/h6H,1-5H3. The molecule has 0 bridgehead atoms. The topological polar surface area (TPSA) is 34.9 Å². The fourth-order valence-corrected chi connectivity index (χ4v) is 3.08. The van der Waals surface area contributed by atoms with Crippen molar-refractivity contribution in [2.45, 2.75) is 40.7 Å². The van der Waals surface area contributed by atoms with Crippen LogP contribution in [0.1, 0.15) is 36.2 Å². The SMILES string of the molecule is Cc1sc2nc(C)n(C(C)C)c(=O)c2c1C. The van der Waals surface area contributed by atoms with Crippen LogP contribution in [0.25, 0.3) is 10.2 Å². The zero-order chi connectivity index (χ0) is 12.0. The first kappa shape index (κ1) is 11.3. The molecule has 0 aliphatic carbocycles. The van der Waals surface area contributed by atoms with Crippen LogP contribution in [0.3, 0.4) is 0 Å². The molecule has 0 fully saturated rings. The van der Waals surface area contributed by atoms with E-state index in [9.17, 15) is 4.79 Å². The second kappa shape index (κ2) is 3.70. The Hall–Kier alpha value is -1.16. The van der Waals surface area contributed by atoms with Gasteiger partial charge in [0.25, 0.3) is 5.56 Å². The normalized spacial score (nSPS) is 11.6. The second-order valence-electron chi connectivity index (χ2n) is 4.39. The molecule has 0 radical (unpaired) electrons. The molecule has 0 amide bonds. The molecule has 0 unspecified atom stereocenters. The highest BCUT2D eigenvalue weighted by Gasteiger charge is 2.15. The van der Waals surface area contributed by atoms with E-state index in [-0.39, 0.29) is 11.6 Å². The zero-order valence-electron chi connectivity index (χ0n) is 10.3. The first-order chi connectivity index (χ1) is 7.43. The summed E-state index contributed by atoms with van der Waals surface area (Å²) < 4.78 is 1.77. The van der Waals surface area contributed by atoms with E-state index < -0.39 is 0 Å². The molecule has 0 saturated carbocycles. The summed E-state index contributed by atoms with van der Waals surface area (Å²) in [5, 5.41) is 0.793. The van der Waals surface area contributed by atoms with E-state index in [0.29, 0.717) is 0 Å². The fraction of sp³-hybridized carbons (Fsp3) is 0.500. The van der Waals surface area contributed by atoms with Gasteiger partial charge < -0.3 is 0 Å². The van der Waals surface area contributed by atoms with E-state index in [1.165, 1.54) is 4.88 Å². The van der Waals surface area contributed by atoms with Gasteiger partial charge in [-0.3, -0.25) is 9.36 Å². The number of rotatable bonds is 1. The Labute approximate surface area is 98.8 Å². The molecule has 0 aliphatic heterocycles. The van der Waals surface area contributed by atoms with Crippen LogP contribution in [-0.2, 0) is 0 Å². The largest absolute Gasteiger partial charge is 0.294 e. The van der Waals surface area contributed by atoms with Crippen LogP contribution in [0.5, 0.6) is 0 Å². The lowest BCUT2D eigenvalue weighted by molar-refractivity contribution is 0.555. The van der Waals surface area contributed by atoms with E-state index >= 15 is 0 Å². The zero-order valence-corrected chi connectivity index (χ0v) is 11.1. The van der Waals surface area contributed by atoms with Crippen LogP contribution in [0.15, 0.2) is 4.79 Å². The van der Waals surface area contributed by atoms with Crippen molar-refractivity contribution in [2.24, 2.45) is 0 Å². The van der Waals surface area contributed by atoms with Gasteiger partial charge in [-0.25, -0.2) is 4.98 Å². The summed E-state index contributed by atoms with van der Waals surface area (Å²) >= 11 is 1.60. The number of hydrogen-bond donors (Lipinski definition) is 0. The minimum Gasteiger partial charge on any atom is -0.294 e. The molecular weight excluding hydrogens is 220 g/mol. The molecule has 2 rings (SSSR count). The average molecular weight is 236 g/mol. The third-order valence-corrected chi connectivity index (χ3v) is 4.03. The van der Waals surface area contributed by atoms with Gasteiger partial charge in [-0.15, -0.1) is 11.3 Å². The Bertz CT molecular complexity index is 607. The molecule has 16 heavy (non-hydrogen) atoms. The molecule has 86 valence electrons. The van der Waals surface area contributed by atoms with Gasteiger partial charge in [0.1, 0.15) is 10.7 Å². The highest BCUT2D eigenvalue weighted by Crippen LogP contribution is 2.26. The van der Waals surface area contributed by atoms with Crippen molar-refractivity contribution in [1.82, 2.24) is 9.55 Å². The molecule has 2 heterocycles. The van der Waals surface area contributed by atoms with Crippen LogP contribution in [0.2, 0.25) is 0 Å². The lowest BCUT2D eigenvalue weighted by Crippen LogP contribution is -2.25. The van der Waals surface area contributed by atoms with Crippen LogP contribution in [0, 0.1) is 20.8 Å². The van der Waals surface area contributed by atoms with E-state index in [0.717, 1.165) is 21.6 Å². The molecule has 2 aromatic rings. The highest BCUT2D eigenvalue weighted by atomic mass is 32.1. The molecule has 0 N–H and O–H groups in total. The Morgan fingerprint density at radius 3 is 2.44 bits per heavy atom. The summed E-state index contributed by atoms with van der Waals surface area (Å²) in [5.74, 6) is 0.800. The van der Waals surface area contributed by atoms with Crippen molar-refractivity contribution >= 4 is 21.6 Å². The van der Waals surface area contributed by atoms with Crippen LogP contribution >= 0.6 is 11.3 Å². The van der Waals surface area contributed by atoms with Gasteiger partial charge in [-0.2, -0.15) is 0 Å². The van der Waals surface area contributed by atoms with Crippen LogP contribution in [0.4, 0.5) is 0 Å². The van der Waals surface area contributed by atoms with E-state index in [4.69, 9.17) is 0 Å². The number of aryl methyl sites for hydroxylation is 3. The summed E-state index contributed by atoms with van der Waals surface area (Å²) in [4.78, 5) is 18.9. The lowest BCUT2D eigenvalue weighted by atomic mass is 10.2. The first-order valence-corrected chi connectivity index (χ1v) is 6.24. The van der Waals surface area contributed by atoms with E-state index in [2.05, 4.69) is 4.98 Å². The molecule has 2 aromatic heterocycles. The molecule has 0 aliphatic rings. The van der Waals surface area contributed by atoms with Crippen LogP contribution < -0.4 is 5.56 Å². The summed E-state index contributed by atoms with van der Waals surface area (Å²) in [6, 6.07) is 0.156. The third kappa shape index (κ3) is 1.48. The fourth-order valence-electron chi connectivity index (χ4n) is 2.02. The van der Waals surface area contributed by atoms with Gasteiger partial charge in [-0.05, 0) is 40.2 Å². The van der Waals surface area contributed by atoms with Gasteiger partial charge in [0.05, 0.1) is 5.39 Å². The van der Waals surface area contributed by atoms with E-state index in [1.807, 2.05) is 34.6 Å². The van der Waals surface area contributed by atoms with Crippen molar-refractivity contribution < 1.29 is 0 Å². The summed E-state index contributed by atoms with van der Waals surface area (Å²) in [6.45, 7) is 9.95. The Morgan fingerprint density at radius 2 is 1.88 bits per heavy atom. The predicted molar refractivity (Wildman–Crippen MR) is 68.5 cm³/mol. The molecule has 0 atom stereocenters. The van der Waals surface area contributed by atoms with Gasteiger partial charge in [0, 0.05) is 10.9 Å². The molecule has 0 aromatic carbocycles. The van der Waals surface area contributed by atoms with Crippen LogP contribution in [-0.4, -0.2) is 9.55 Å². The summed E-state index contributed by atoms with van der Waals surface area (Å²) in [6.07, 6.45) is 0. The third-order valence-electron chi connectivity index (χ3n) is 2.93. The van der Waals surface area contributed by atoms with Crippen molar-refractivity contribution in [3.8, 4) is 0 Å². The Balaban J connectivity index is 2.97. The summed E-state index contributed by atoms with van der Waals surface area (Å²) in [7, 11) is 0. The van der Waals surface area contributed by atoms with Gasteiger partial charge in [-0.1, -0.05) is 0 Å². The summed E-state index contributed by atoms with van der Waals surface area (Å²) in [5.41, 5.74) is 1.17. The van der Waals surface area contributed by atoms with Crippen molar-refractivity contribution in [3.05, 3.63) is 26.6 Å². The number of hydrogen-bond acceptors (Lipinski definition) is 3. The number of nitrogens with zero attached hydrogens (tertiary/aromatic N) is 2. The average Bonchev–Trinajstić information content (AvgIpc) is 2.41. The highest BCUT2D eigenvalue weighted by molar-refractivity contribution is 7.18. The minimum absolute atomic E-state index is 0.0966. The maximum Gasteiger partial charge on any atom is 0.262 e. The van der Waals surface area contributed by atoms with E-state index in [1.54, 1.807) is 15.9 Å². The molecule has 0 spiro atoms. The predicted octanol–water partition coefficient (Wildman–Crippen LogP) is 2.96. The maximum absolute atomic E-state index is 12.4. The van der Waals surface area contributed by atoms with Gasteiger partial charge in [0.2, 0.25) is 0 Å². The van der Waals surface area contributed by atoms with Crippen molar-refractivity contribution in [1.29, 1.82) is 0 Å². The van der Waals surface area contributed by atoms with Crippen molar-refractivity contribution in [2.75, 3.05) is 0 Å². The Morgan fingerprint density at radius 1 is 1.25 bits per heavy atom. The lowest BCUT2D eigenvalue weighted by Gasteiger charge is -2.12. The van der Waals surface area contributed by atoms with Gasteiger partial charge in [0.15, 0.2) is 0 Å². The molecule has 4 heteroatoms. The molecular formula is C12H16N2OS. The number of fused-ring (bicyclic) bond motifs is 1. The minimum atomic E-state index is 0.0966. The monoisotopic (exact) mass is 236 g/mol. The molecule has 3 nitrogen and oxygen atoms in total. The number of thiophene rings is 1. The first-order valence-electron chi connectivity index (χ1n) is 5.42. The second-order valence-corrected chi connectivity index (χ2v) is 5.59. The van der Waals surface area contributed by atoms with Crippen molar-refractivity contribution in [3.63, 3.8) is 0 Å². The Kier molecular flexibility index (Phi) is 2.62. The smallest absolute Gasteiger partial charge is 0.262 e.